The number of rotatable bonds is 5. The van der Waals surface area contributed by atoms with Crippen LogP contribution in [-0.2, 0) is 10.0 Å². The summed E-state index contributed by atoms with van der Waals surface area (Å²) in [6.45, 7) is 4.99. The smallest absolute Gasteiger partial charge is 0.244 e. The van der Waals surface area contributed by atoms with Crippen molar-refractivity contribution in [3.63, 3.8) is 0 Å². The first-order valence-corrected chi connectivity index (χ1v) is 7.96. The van der Waals surface area contributed by atoms with Crippen LogP contribution in [0.1, 0.15) is 18.5 Å². The summed E-state index contributed by atoms with van der Waals surface area (Å²) in [5.74, 6) is 0. The summed E-state index contributed by atoms with van der Waals surface area (Å²) in [5, 5.41) is 6.40. The van der Waals surface area contributed by atoms with Gasteiger partial charge in [-0.1, -0.05) is 0 Å². The lowest BCUT2D eigenvalue weighted by molar-refractivity contribution is 0.212. The predicted molar refractivity (Wildman–Crippen MR) is 72.2 cm³/mol. The third-order valence-corrected chi connectivity index (χ3v) is 5.06. The second kappa shape index (κ2) is 6.00. The Morgan fingerprint density at radius 2 is 2.21 bits per heavy atom. The van der Waals surface area contributed by atoms with Crippen LogP contribution in [-0.4, -0.2) is 55.7 Å². The van der Waals surface area contributed by atoms with Crippen molar-refractivity contribution in [3.05, 3.63) is 11.9 Å². The van der Waals surface area contributed by atoms with E-state index in [4.69, 9.17) is 5.73 Å². The first kappa shape index (κ1) is 14.4. The Morgan fingerprint density at radius 1 is 1.53 bits per heavy atom. The Kier molecular flexibility index (Phi) is 4.56. The van der Waals surface area contributed by atoms with E-state index in [-0.39, 0.29) is 10.9 Å². The number of aryl methyl sites for hydroxylation is 1. The quantitative estimate of drug-likeness (QED) is 0.672. The molecule has 1 fully saturated rings. The number of hydrogen-bond donors (Lipinski definition) is 3. The molecule has 0 saturated carbocycles. The molecule has 108 valence electrons. The fraction of sp³-hybridized carbons (Fsp3) is 0.727. The van der Waals surface area contributed by atoms with Gasteiger partial charge in [-0.15, -0.1) is 0 Å². The normalized spacial score (nSPS) is 18.8. The summed E-state index contributed by atoms with van der Waals surface area (Å²) < 4.78 is 27.1. The summed E-state index contributed by atoms with van der Waals surface area (Å²) in [5.41, 5.74) is 6.08. The van der Waals surface area contributed by atoms with Gasteiger partial charge in [0.25, 0.3) is 0 Å². The van der Waals surface area contributed by atoms with E-state index in [0.717, 1.165) is 32.5 Å². The molecule has 0 aromatic carbocycles. The molecule has 2 heterocycles. The van der Waals surface area contributed by atoms with Gasteiger partial charge in [0, 0.05) is 19.1 Å². The van der Waals surface area contributed by atoms with Gasteiger partial charge in [0.15, 0.2) is 0 Å². The molecule has 1 aromatic heterocycles. The zero-order valence-corrected chi connectivity index (χ0v) is 11.9. The van der Waals surface area contributed by atoms with E-state index < -0.39 is 10.0 Å². The van der Waals surface area contributed by atoms with Crippen LogP contribution < -0.4 is 10.5 Å². The first-order valence-electron chi connectivity index (χ1n) is 6.47. The lowest BCUT2D eigenvalue weighted by Crippen LogP contribution is -2.45. The van der Waals surface area contributed by atoms with Gasteiger partial charge in [0.05, 0.1) is 11.9 Å². The molecule has 0 spiro atoms. The fourth-order valence-electron chi connectivity index (χ4n) is 2.35. The van der Waals surface area contributed by atoms with Gasteiger partial charge in [0.1, 0.15) is 4.90 Å². The molecule has 1 aromatic rings. The molecular weight excluding hydrogens is 266 g/mol. The minimum atomic E-state index is -3.46. The average molecular weight is 287 g/mol. The molecule has 1 saturated heterocycles. The van der Waals surface area contributed by atoms with Crippen molar-refractivity contribution >= 4 is 10.0 Å². The van der Waals surface area contributed by atoms with Crippen molar-refractivity contribution in [3.8, 4) is 0 Å². The van der Waals surface area contributed by atoms with Crippen LogP contribution in [0.2, 0.25) is 0 Å². The highest BCUT2D eigenvalue weighted by Gasteiger charge is 2.25. The van der Waals surface area contributed by atoms with E-state index >= 15 is 0 Å². The molecule has 1 aliphatic heterocycles. The van der Waals surface area contributed by atoms with Crippen LogP contribution in [0, 0.1) is 6.92 Å². The molecule has 0 amide bonds. The Balaban J connectivity index is 1.94. The van der Waals surface area contributed by atoms with E-state index in [2.05, 4.69) is 19.8 Å². The molecule has 0 atom stereocenters. The monoisotopic (exact) mass is 287 g/mol. The average Bonchev–Trinajstić information content (AvgIpc) is 2.79. The highest BCUT2D eigenvalue weighted by molar-refractivity contribution is 7.89. The van der Waals surface area contributed by atoms with Crippen molar-refractivity contribution < 1.29 is 8.42 Å². The maximum atomic E-state index is 12.2. The summed E-state index contributed by atoms with van der Waals surface area (Å²) in [4.78, 5) is 2.49. The summed E-state index contributed by atoms with van der Waals surface area (Å²) >= 11 is 0. The molecule has 7 nitrogen and oxygen atoms in total. The molecule has 19 heavy (non-hydrogen) atoms. The molecule has 0 aliphatic carbocycles. The zero-order chi connectivity index (χ0) is 13.9. The van der Waals surface area contributed by atoms with E-state index in [9.17, 15) is 8.42 Å². The minimum absolute atomic E-state index is 0.00618. The maximum absolute atomic E-state index is 12.2. The van der Waals surface area contributed by atoms with Crippen LogP contribution in [0.15, 0.2) is 11.1 Å². The maximum Gasteiger partial charge on any atom is 0.244 e. The number of aromatic nitrogens is 2. The van der Waals surface area contributed by atoms with E-state index in [1.165, 1.54) is 6.20 Å². The number of aromatic amines is 1. The topological polar surface area (TPSA) is 104 Å². The van der Waals surface area contributed by atoms with E-state index in [1.54, 1.807) is 6.92 Å². The summed E-state index contributed by atoms with van der Waals surface area (Å²) in [7, 11) is -3.46. The Morgan fingerprint density at radius 3 is 2.74 bits per heavy atom. The van der Waals surface area contributed by atoms with Gasteiger partial charge in [0.2, 0.25) is 10.0 Å². The molecule has 1 aliphatic rings. The standard InChI is InChI=1S/C11H21N5O2S/c1-9-11(8-13-14-9)19(17,18)15-10-2-5-16(6-3-10)7-4-12/h8,10,15H,2-7,12H2,1H3,(H,13,14). The van der Waals surface area contributed by atoms with Gasteiger partial charge >= 0.3 is 0 Å². The molecular formula is C11H21N5O2S. The number of nitrogens with two attached hydrogens (primary N) is 1. The molecule has 0 radical (unpaired) electrons. The minimum Gasteiger partial charge on any atom is -0.329 e. The lowest BCUT2D eigenvalue weighted by Gasteiger charge is -2.31. The number of hydrogen-bond acceptors (Lipinski definition) is 5. The summed E-state index contributed by atoms with van der Waals surface area (Å²) in [6, 6.07) is -0.00618. The van der Waals surface area contributed by atoms with Crippen molar-refractivity contribution in [1.82, 2.24) is 19.8 Å². The number of nitrogens with zero attached hydrogens (tertiary/aromatic N) is 2. The predicted octanol–water partition coefficient (Wildman–Crippen LogP) is -0.580. The third kappa shape index (κ3) is 3.53. The van der Waals surface area contributed by atoms with Crippen molar-refractivity contribution in [2.24, 2.45) is 5.73 Å². The molecule has 0 bridgehead atoms. The van der Waals surface area contributed by atoms with Crippen molar-refractivity contribution in [1.29, 1.82) is 0 Å². The van der Waals surface area contributed by atoms with Crippen LogP contribution in [0.25, 0.3) is 0 Å². The SMILES string of the molecule is Cc1[nH]ncc1S(=O)(=O)NC1CCN(CCN)CC1. The van der Waals surface area contributed by atoms with Gasteiger partial charge in [-0.2, -0.15) is 5.10 Å². The summed E-state index contributed by atoms with van der Waals surface area (Å²) in [6.07, 6.45) is 2.98. The number of piperidine rings is 1. The first-order chi connectivity index (χ1) is 9.03. The van der Waals surface area contributed by atoms with E-state index in [0.29, 0.717) is 12.2 Å². The zero-order valence-electron chi connectivity index (χ0n) is 11.1. The van der Waals surface area contributed by atoms with Crippen molar-refractivity contribution in [2.45, 2.75) is 30.7 Å². The molecule has 8 heteroatoms. The van der Waals surface area contributed by atoms with Gasteiger partial charge in [-0.05, 0) is 32.9 Å². The number of nitrogens with one attached hydrogen (secondary N) is 2. The second-order valence-corrected chi connectivity index (χ2v) is 6.57. The Labute approximate surface area is 113 Å². The fourth-order valence-corrected chi connectivity index (χ4v) is 3.79. The lowest BCUT2D eigenvalue weighted by atomic mass is 10.1. The van der Waals surface area contributed by atoms with E-state index in [1.807, 2.05) is 0 Å². The van der Waals surface area contributed by atoms with Gasteiger partial charge < -0.3 is 10.6 Å². The molecule has 4 N–H and O–H groups in total. The van der Waals surface area contributed by atoms with Crippen LogP contribution in [0.5, 0.6) is 0 Å². The van der Waals surface area contributed by atoms with Crippen molar-refractivity contribution in [2.75, 3.05) is 26.2 Å². The number of sulfonamides is 1. The van der Waals surface area contributed by atoms with Crippen LogP contribution in [0.4, 0.5) is 0 Å². The second-order valence-electron chi connectivity index (χ2n) is 4.89. The Bertz CT molecular complexity index is 505. The van der Waals surface area contributed by atoms with Gasteiger partial charge in [-0.3, -0.25) is 5.10 Å². The Hall–Kier alpha value is -0.960. The van der Waals surface area contributed by atoms with Gasteiger partial charge in [-0.25, -0.2) is 13.1 Å². The number of likely N-dealkylation sites (tertiary alicyclic amines) is 1. The molecule has 2 rings (SSSR count). The highest BCUT2D eigenvalue weighted by Crippen LogP contribution is 2.15. The number of H-pyrrole nitrogens is 1. The van der Waals surface area contributed by atoms with Crippen LogP contribution >= 0.6 is 0 Å². The largest absolute Gasteiger partial charge is 0.329 e. The van der Waals surface area contributed by atoms with Crippen LogP contribution in [0.3, 0.4) is 0 Å². The third-order valence-electron chi connectivity index (χ3n) is 3.43. The highest BCUT2D eigenvalue weighted by atomic mass is 32.2. The molecule has 0 unspecified atom stereocenters.